The van der Waals surface area contributed by atoms with Crippen molar-refractivity contribution < 1.29 is 41.9 Å². The standard InChI is InChI=1S/C34H50N4O9S/c1-7-37(8-2)16-17-48(44,45)28-13-15-38-31(28)34(43)47-32(22(3)4)24(6)11-12-29(41)35-14-9-10-23(5)18-25(39)19-26(40)20-30-36-27(21-46-30)33(38)42/h9-12,18,21-22,24-25,28,31-32,39H,7-8,13-17,19-20H2,1-6H3,(H,35,41)/b10-9-,12-11-,23-18-/t24-,25-,28-,31-,32-/m1/s1. The Bertz CT molecular complexity index is 1490. The summed E-state index contributed by atoms with van der Waals surface area (Å²) in [6.07, 6.45) is 6.68. The molecule has 2 N–H and O–H groups in total. The summed E-state index contributed by atoms with van der Waals surface area (Å²) in [5.41, 5.74) is 0.505. The van der Waals surface area contributed by atoms with Crippen LogP contribution in [-0.2, 0) is 35.4 Å². The van der Waals surface area contributed by atoms with Crippen molar-refractivity contribution in [2.75, 3.05) is 38.5 Å². The Morgan fingerprint density at radius 3 is 2.52 bits per heavy atom. The minimum atomic E-state index is -3.87. The van der Waals surface area contributed by atoms with Crippen LogP contribution < -0.4 is 5.32 Å². The molecule has 0 aromatic carbocycles. The number of carbonyl (C=O) groups is 4. The van der Waals surface area contributed by atoms with E-state index in [2.05, 4.69) is 10.3 Å². The highest BCUT2D eigenvalue weighted by Gasteiger charge is 2.50. The predicted octanol–water partition coefficient (Wildman–Crippen LogP) is 2.27. The van der Waals surface area contributed by atoms with Gasteiger partial charge in [0.15, 0.2) is 15.5 Å². The number of cyclic esters (lactones) is 1. The number of amides is 2. The number of hydrogen-bond acceptors (Lipinski definition) is 11. The summed E-state index contributed by atoms with van der Waals surface area (Å²) in [5.74, 6) is -3.23. The summed E-state index contributed by atoms with van der Waals surface area (Å²) in [4.78, 5) is 60.3. The van der Waals surface area contributed by atoms with E-state index in [1.165, 1.54) is 12.2 Å². The van der Waals surface area contributed by atoms with E-state index in [4.69, 9.17) is 9.15 Å². The van der Waals surface area contributed by atoms with Crippen LogP contribution in [0.15, 0.2) is 46.6 Å². The number of sulfone groups is 1. The molecule has 5 atom stereocenters. The normalized spacial score (nSPS) is 28.1. The highest BCUT2D eigenvalue weighted by Crippen LogP contribution is 2.30. The van der Waals surface area contributed by atoms with Gasteiger partial charge in [-0.1, -0.05) is 64.5 Å². The molecule has 3 heterocycles. The van der Waals surface area contributed by atoms with Gasteiger partial charge in [0.2, 0.25) is 11.8 Å². The average molecular weight is 691 g/mol. The molecule has 0 aliphatic carbocycles. The number of aliphatic hydroxyl groups excluding tert-OH is 1. The molecule has 0 unspecified atom stereocenters. The molecule has 0 radical (unpaired) electrons. The molecule has 13 nitrogen and oxygen atoms in total. The molecular formula is C34H50N4O9S. The first-order valence-electron chi connectivity index (χ1n) is 16.6. The zero-order valence-corrected chi connectivity index (χ0v) is 29.6. The van der Waals surface area contributed by atoms with Crippen molar-refractivity contribution >= 4 is 33.4 Å². The van der Waals surface area contributed by atoms with Crippen molar-refractivity contribution in [3.05, 3.63) is 53.8 Å². The Balaban J connectivity index is 2.00. The molecular weight excluding hydrogens is 640 g/mol. The first kappa shape index (κ1) is 38.8. The van der Waals surface area contributed by atoms with Crippen molar-refractivity contribution in [3.63, 3.8) is 0 Å². The fraction of sp³-hybridized carbons (Fsp3) is 0.618. The number of hydrogen-bond donors (Lipinski definition) is 2. The van der Waals surface area contributed by atoms with Gasteiger partial charge < -0.3 is 29.4 Å². The quantitative estimate of drug-likeness (QED) is 0.402. The number of Topliss-reactive ketones (excluding diaryl/α,β-unsaturated/α-hetero) is 1. The van der Waals surface area contributed by atoms with Gasteiger partial charge in [-0.2, -0.15) is 0 Å². The lowest BCUT2D eigenvalue weighted by Crippen LogP contribution is -2.50. The van der Waals surface area contributed by atoms with E-state index in [0.29, 0.717) is 18.7 Å². The number of nitrogens with zero attached hydrogens (tertiary/aromatic N) is 3. The molecule has 1 aromatic heterocycles. The molecule has 2 bridgehead atoms. The number of carbonyl (C=O) groups excluding carboxylic acids is 4. The lowest BCUT2D eigenvalue weighted by Gasteiger charge is -2.31. The summed E-state index contributed by atoms with van der Waals surface area (Å²) < 4.78 is 38.9. The lowest BCUT2D eigenvalue weighted by molar-refractivity contribution is -0.157. The first-order valence-corrected chi connectivity index (χ1v) is 18.3. The molecule has 1 saturated heterocycles. The molecule has 0 spiro atoms. The van der Waals surface area contributed by atoms with Crippen LogP contribution >= 0.6 is 0 Å². The van der Waals surface area contributed by atoms with Gasteiger partial charge in [0.05, 0.1) is 23.5 Å². The number of fused-ring (bicyclic) bond motifs is 3. The lowest BCUT2D eigenvalue weighted by atomic mass is 9.94. The zero-order chi connectivity index (χ0) is 35.6. The van der Waals surface area contributed by atoms with Gasteiger partial charge in [-0.3, -0.25) is 14.4 Å². The van der Waals surface area contributed by atoms with E-state index in [1.54, 1.807) is 32.1 Å². The second-order valence-electron chi connectivity index (χ2n) is 12.7. The van der Waals surface area contributed by atoms with Gasteiger partial charge in [0.1, 0.15) is 24.2 Å². The summed E-state index contributed by atoms with van der Waals surface area (Å²) in [7, 11) is -3.87. The minimum absolute atomic E-state index is 0.0243. The van der Waals surface area contributed by atoms with Crippen molar-refractivity contribution in [2.45, 2.75) is 84.3 Å². The third kappa shape index (κ3) is 10.7. The smallest absolute Gasteiger partial charge is 0.330 e. The largest absolute Gasteiger partial charge is 0.460 e. The third-order valence-corrected chi connectivity index (χ3v) is 10.8. The molecule has 1 aromatic rings. The van der Waals surface area contributed by atoms with Crippen LogP contribution in [0.1, 0.15) is 70.8 Å². The van der Waals surface area contributed by atoms with Crippen molar-refractivity contribution in [1.82, 2.24) is 20.1 Å². The summed E-state index contributed by atoms with van der Waals surface area (Å²) >= 11 is 0. The molecule has 1 fully saturated rings. The van der Waals surface area contributed by atoms with E-state index in [0.717, 1.165) is 11.2 Å². The van der Waals surface area contributed by atoms with E-state index in [1.807, 2.05) is 32.6 Å². The number of nitrogens with one attached hydrogen (secondary N) is 1. The van der Waals surface area contributed by atoms with E-state index in [9.17, 15) is 32.7 Å². The van der Waals surface area contributed by atoms with Gasteiger partial charge in [0.25, 0.3) is 5.91 Å². The van der Waals surface area contributed by atoms with E-state index in [-0.39, 0.29) is 73.8 Å². The van der Waals surface area contributed by atoms with Gasteiger partial charge in [-0.25, -0.2) is 18.2 Å². The number of ketones is 1. The van der Waals surface area contributed by atoms with Gasteiger partial charge in [-0.15, -0.1) is 0 Å². The fourth-order valence-electron chi connectivity index (χ4n) is 5.99. The fourth-order valence-corrected chi connectivity index (χ4v) is 7.92. The Kier molecular flexibility index (Phi) is 14.3. The zero-order valence-electron chi connectivity index (χ0n) is 28.8. The van der Waals surface area contributed by atoms with Gasteiger partial charge in [0, 0.05) is 32.0 Å². The van der Waals surface area contributed by atoms with Gasteiger partial charge >= 0.3 is 5.97 Å². The van der Waals surface area contributed by atoms with Crippen LogP contribution in [0.3, 0.4) is 0 Å². The molecule has 2 aliphatic rings. The maximum atomic E-state index is 14.0. The molecule has 2 aliphatic heterocycles. The Morgan fingerprint density at radius 1 is 1.15 bits per heavy atom. The molecule has 266 valence electrons. The molecule has 0 saturated carbocycles. The summed E-state index contributed by atoms with van der Waals surface area (Å²) in [6.45, 7) is 12.9. The SMILES string of the molecule is CCN(CC)CCS(=O)(=O)[C@@H]1CCN2C(=O)c3coc(n3)CC(=O)C[C@H](O)/C=C(C)\C=C/CNC(=O)/C=C\[C@@H](C)[C@@H](C(C)C)OC(=O)[C@@H]12. The topological polar surface area (TPSA) is 176 Å². The van der Waals surface area contributed by atoms with Gasteiger partial charge in [-0.05, 0) is 38.4 Å². The molecule has 48 heavy (non-hydrogen) atoms. The Hall–Kier alpha value is -3.62. The molecule has 14 heteroatoms. The maximum Gasteiger partial charge on any atom is 0.330 e. The molecule has 3 rings (SSSR count). The third-order valence-electron chi connectivity index (χ3n) is 8.66. The van der Waals surface area contributed by atoms with E-state index >= 15 is 0 Å². The number of esters is 1. The second-order valence-corrected chi connectivity index (χ2v) is 15.0. The Labute approximate surface area is 283 Å². The highest BCUT2D eigenvalue weighted by atomic mass is 32.2. The number of ether oxygens (including phenoxy) is 1. The summed E-state index contributed by atoms with van der Waals surface area (Å²) in [6, 6.07) is -1.44. The first-order chi connectivity index (χ1) is 22.7. The minimum Gasteiger partial charge on any atom is -0.460 e. The van der Waals surface area contributed by atoms with Crippen molar-refractivity contribution in [1.29, 1.82) is 0 Å². The van der Waals surface area contributed by atoms with Crippen LogP contribution in [-0.4, -0.2) is 114 Å². The predicted molar refractivity (Wildman–Crippen MR) is 180 cm³/mol. The maximum absolute atomic E-state index is 14.0. The van der Waals surface area contributed by atoms with Crippen LogP contribution in [0.25, 0.3) is 0 Å². The second kappa shape index (κ2) is 17.7. The van der Waals surface area contributed by atoms with Crippen LogP contribution in [0, 0.1) is 11.8 Å². The molecule has 2 amide bonds. The van der Waals surface area contributed by atoms with E-state index < -0.39 is 51.1 Å². The van der Waals surface area contributed by atoms with Crippen molar-refractivity contribution in [3.8, 4) is 0 Å². The number of oxazole rings is 1. The number of rotatable bonds is 7. The van der Waals surface area contributed by atoms with Crippen molar-refractivity contribution in [2.24, 2.45) is 11.8 Å². The number of aromatic nitrogens is 1. The summed E-state index contributed by atoms with van der Waals surface area (Å²) in [5, 5.41) is 11.9. The monoisotopic (exact) mass is 690 g/mol. The highest BCUT2D eigenvalue weighted by molar-refractivity contribution is 7.92. The van der Waals surface area contributed by atoms with Crippen LogP contribution in [0.5, 0.6) is 0 Å². The number of aliphatic hydroxyl groups is 1. The average Bonchev–Trinajstić information content (AvgIpc) is 3.68. The Morgan fingerprint density at radius 2 is 1.85 bits per heavy atom. The number of allylic oxidation sites excluding steroid dienone is 2. The van der Waals surface area contributed by atoms with Crippen LogP contribution in [0.2, 0.25) is 0 Å². The van der Waals surface area contributed by atoms with Crippen LogP contribution in [0.4, 0.5) is 0 Å².